The quantitative estimate of drug-likeness (QED) is 0.351. The van der Waals surface area contributed by atoms with Crippen LogP contribution in [0.25, 0.3) is 0 Å². The van der Waals surface area contributed by atoms with Gasteiger partial charge in [-0.3, -0.25) is 9.79 Å². The molecule has 0 aromatic carbocycles. The van der Waals surface area contributed by atoms with Gasteiger partial charge in [-0.2, -0.15) is 0 Å². The number of hydrogen-bond donors (Lipinski definition) is 3. The van der Waals surface area contributed by atoms with Gasteiger partial charge in [-0.25, -0.2) is 4.98 Å². The number of carbonyl (C=O) groups excluding carboxylic acids is 1. The van der Waals surface area contributed by atoms with Crippen LogP contribution in [-0.2, 0) is 4.79 Å². The minimum Gasteiger partial charge on any atom is -0.357 e. The summed E-state index contributed by atoms with van der Waals surface area (Å²) in [6.45, 7) is 9.35. The number of nitrogens with one attached hydrogen (secondary N) is 3. The molecule has 0 aliphatic rings. The topological polar surface area (TPSA) is 78.4 Å². The van der Waals surface area contributed by atoms with Crippen LogP contribution in [0.3, 0.4) is 0 Å². The van der Waals surface area contributed by atoms with Crippen molar-refractivity contribution in [3.05, 3.63) is 23.9 Å². The predicted octanol–water partition coefficient (Wildman–Crippen LogP) is 2.69. The van der Waals surface area contributed by atoms with Crippen LogP contribution >= 0.6 is 24.0 Å². The van der Waals surface area contributed by atoms with Crippen LogP contribution in [0, 0.1) is 6.92 Å². The lowest BCUT2D eigenvalue weighted by Gasteiger charge is -2.16. The van der Waals surface area contributed by atoms with Crippen molar-refractivity contribution in [1.82, 2.24) is 15.6 Å². The molecular formula is C16H28IN5O. The summed E-state index contributed by atoms with van der Waals surface area (Å²) in [5, 5.41) is 9.25. The number of amides is 1. The molecule has 1 heterocycles. The summed E-state index contributed by atoms with van der Waals surface area (Å²) in [6.07, 6.45) is 1.34. The summed E-state index contributed by atoms with van der Waals surface area (Å²) < 4.78 is 0. The van der Waals surface area contributed by atoms with Crippen LogP contribution in [0.1, 0.15) is 39.3 Å². The number of rotatable bonds is 7. The third kappa shape index (κ3) is 9.37. The van der Waals surface area contributed by atoms with Crippen LogP contribution in [0.2, 0.25) is 0 Å². The second-order valence-corrected chi connectivity index (χ2v) is 5.18. The molecule has 1 aromatic rings. The largest absolute Gasteiger partial charge is 0.357 e. The number of aromatic nitrogens is 1. The highest BCUT2D eigenvalue weighted by atomic mass is 127. The van der Waals surface area contributed by atoms with E-state index in [1.807, 2.05) is 26.0 Å². The normalized spacial score (nSPS) is 12.1. The number of aliphatic imine (C=N–C) groups is 1. The Hall–Kier alpha value is -1.38. The van der Waals surface area contributed by atoms with Crippen LogP contribution in [-0.4, -0.2) is 36.0 Å². The second kappa shape index (κ2) is 12.1. The van der Waals surface area contributed by atoms with Gasteiger partial charge in [-0.1, -0.05) is 13.0 Å². The maximum absolute atomic E-state index is 11.9. The zero-order valence-electron chi connectivity index (χ0n) is 14.3. The fraction of sp³-hybridized carbons (Fsp3) is 0.562. The van der Waals surface area contributed by atoms with E-state index < -0.39 is 0 Å². The fourth-order valence-corrected chi connectivity index (χ4v) is 1.74. The molecule has 130 valence electrons. The first-order chi connectivity index (χ1) is 10.5. The standard InChI is InChI=1S/C16H27N5O.HI/c1-5-12(3)20-16(17-6-2)18-11-10-15(22)21-14-9-7-8-13(4)19-14;/h7-9,12H,5-6,10-11H2,1-4H3,(H2,17,18,20)(H,19,21,22);1H. The number of guanidine groups is 1. The third-order valence-electron chi connectivity index (χ3n) is 3.10. The van der Waals surface area contributed by atoms with Gasteiger partial charge < -0.3 is 16.0 Å². The van der Waals surface area contributed by atoms with Crippen LogP contribution in [0.4, 0.5) is 5.82 Å². The number of carbonyl (C=O) groups is 1. The molecule has 23 heavy (non-hydrogen) atoms. The van der Waals surface area contributed by atoms with Crippen molar-refractivity contribution in [3.63, 3.8) is 0 Å². The lowest BCUT2D eigenvalue weighted by molar-refractivity contribution is -0.116. The van der Waals surface area contributed by atoms with Crippen molar-refractivity contribution in [3.8, 4) is 0 Å². The maximum atomic E-state index is 11.9. The van der Waals surface area contributed by atoms with E-state index in [1.165, 1.54) is 0 Å². The molecule has 0 aliphatic heterocycles. The molecule has 7 heteroatoms. The maximum Gasteiger partial charge on any atom is 0.227 e. The summed E-state index contributed by atoms with van der Waals surface area (Å²) in [5.41, 5.74) is 0.878. The van der Waals surface area contributed by atoms with Gasteiger partial charge in [0.05, 0.1) is 6.54 Å². The number of anilines is 1. The van der Waals surface area contributed by atoms with E-state index in [9.17, 15) is 4.79 Å². The number of halogens is 1. The molecule has 1 atom stereocenters. The first-order valence-corrected chi connectivity index (χ1v) is 7.83. The van der Waals surface area contributed by atoms with E-state index in [4.69, 9.17) is 0 Å². The Morgan fingerprint density at radius 3 is 2.70 bits per heavy atom. The zero-order chi connectivity index (χ0) is 16.4. The van der Waals surface area contributed by atoms with Gasteiger partial charge in [0.2, 0.25) is 5.91 Å². The van der Waals surface area contributed by atoms with Crippen molar-refractivity contribution >= 4 is 41.7 Å². The highest BCUT2D eigenvalue weighted by Crippen LogP contribution is 2.04. The van der Waals surface area contributed by atoms with E-state index in [0.29, 0.717) is 24.8 Å². The van der Waals surface area contributed by atoms with Gasteiger partial charge in [-0.15, -0.1) is 24.0 Å². The molecule has 6 nitrogen and oxygen atoms in total. The molecule has 0 bridgehead atoms. The minimum absolute atomic E-state index is 0. The van der Waals surface area contributed by atoms with Gasteiger partial charge >= 0.3 is 0 Å². The fourth-order valence-electron chi connectivity index (χ4n) is 1.74. The summed E-state index contributed by atoms with van der Waals surface area (Å²) in [5.74, 6) is 1.25. The minimum atomic E-state index is -0.0822. The molecule has 1 unspecified atom stereocenters. The molecule has 1 aromatic heterocycles. The van der Waals surface area contributed by atoms with Gasteiger partial charge in [0.15, 0.2) is 5.96 Å². The summed E-state index contributed by atoms with van der Waals surface area (Å²) >= 11 is 0. The van der Waals surface area contributed by atoms with Crippen molar-refractivity contribution < 1.29 is 4.79 Å². The number of pyridine rings is 1. The van der Waals surface area contributed by atoms with Crippen molar-refractivity contribution in [2.75, 3.05) is 18.4 Å². The van der Waals surface area contributed by atoms with E-state index in [1.54, 1.807) is 6.07 Å². The Bertz CT molecular complexity index is 507. The van der Waals surface area contributed by atoms with E-state index >= 15 is 0 Å². The van der Waals surface area contributed by atoms with Crippen molar-refractivity contribution in [2.45, 2.75) is 46.6 Å². The molecule has 0 fully saturated rings. The van der Waals surface area contributed by atoms with Crippen LogP contribution in [0.15, 0.2) is 23.2 Å². The number of aryl methyl sites for hydroxylation is 1. The highest BCUT2D eigenvalue weighted by molar-refractivity contribution is 14.0. The molecule has 0 aliphatic carbocycles. The molecular weight excluding hydrogens is 405 g/mol. The first-order valence-electron chi connectivity index (χ1n) is 7.83. The lowest BCUT2D eigenvalue weighted by atomic mass is 10.3. The van der Waals surface area contributed by atoms with Gasteiger partial charge in [0.25, 0.3) is 0 Å². The van der Waals surface area contributed by atoms with Crippen molar-refractivity contribution in [2.24, 2.45) is 4.99 Å². The van der Waals surface area contributed by atoms with Gasteiger partial charge in [0, 0.05) is 24.7 Å². The van der Waals surface area contributed by atoms with E-state index in [0.717, 1.165) is 24.6 Å². The van der Waals surface area contributed by atoms with E-state index in [2.05, 4.69) is 39.8 Å². The lowest BCUT2D eigenvalue weighted by Crippen LogP contribution is -2.42. The molecule has 0 radical (unpaired) electrons. The summed E-state index contributed by atoms with van der Waals surface area (Å²) in [7, 11) is 0. The Morgan fingerprint density at radius 1 is 1.35 bits per heavy atom. The second-order valence-electron chi connectivity index (χ2n) is 5.18. The monoisotopic (exact) mass is 433 g/mol. The third-order valence-corrected chi connectivity index (χ3v) is 3.10. The van der Waals surface area contributed by atoms with Gasteiger partial charge in [0.1, 0.15) is 5.82 Å². The first kappa shape index (κ1) is 21.6. The summed E-state index contributed by atoms with van der Waals surface area (Å²) in [6, 6.07) is 5.89. The molecule has 3 N–H and O–H groups in total. The van der Waals surface area contributed by atoms with Crippen LogP contribution in [0.5, 0.6) is 0 Å². The molecule has 0 saturated carbocycles. The molecule has 0 saturated heterocycles. The smallest absolute Gasteiger partial charge is 0.227 e. The Kier molecular flexibility index (Phi) is 11.4. The Balaban J connectivity index is 0.00000484. The summed E-state index contributed by atoms with van der Waals surface area (Å²) in [4.78, 5) is 20.5. The average molecular weight is 433 g/mol. The Labute approximate surface area is 156 Å². The Morgan fingerprint density at radius 2 is 2.09 bits per heavy atom. The molecule has 1 amide bonds. The number of hydrogen-bond acceptors (Lipinski definition) is 3. The van der Waals surface area contributed by atoms with Crippen molar-refractivity contribution in [1.29, 1.82) is 0 Å². The number of nitrogens with zero attached hydrogens (tertiary/aromatic N) is 2. The predicted molar refractivity (Wildman–Crippen MR) is 107 cm³/mol. The van der Waals surface area contributed by atoms with Crippen LogP contribution < -0.4 is 16.0 Å². The van der Waals surface area contributed by atoms with E-state index in [-0.39, 0.29) is 29.9 Å². The SMILES string of the molecule is CCNC(=NCCC(=O)Nc1cccc(C)n1)NC(C)CC.I. The van der Waals surface area contributed by atoms with Gasteiger partial charge in [-0.05, 0) is 39.3 Å². The zero-order valence-corrected chi connectivity index (χ0v) is 16.7. The average Bonchev–Trinajstić information content (AvgIpc) is 2.47. The highest BCUT2D eigenvalue weighted by Gasteiger charge is 2.05. The molecule has 0 spiro atoms. The molecule has 1 rings (SSSR count).